The molecule has 122 valence electrons. The Bertz CT molecular complexity index is 868. The minimum atomic E-state index is -2.98. The van der Waals surface area contributed by atoms with Crippen LogP contribution in [0, 0.1) is 5.92 Å². The number of pyridine rings is 1. The normalized spacial score (nSPS) is 19.6. The van der Waals surface area contributed by atoms with E-state index in [4.69, 9.17) is 4.42 Å². The number of sulfone groups is 1. The van der Waals surface area contributed by atoms with Gasteiger partial charge in [0.15, 0.2) is 9.84 Å². The summed E-state index contributed by atoms with van der Waals surface area (Å²) in [6.07, 6.45) is 2.03. The van der Waals surface area contributed by atoms with Gasteiger partial charge in [-0.05, 0) is 36.6 Å². The number of rotatable bonds is 4. The summed E-state index contributed by atoms with van der Waals surface area (Å²) in [7, 11) is -2.98. The van der Waals surface area contributed by atoms with E-state index >= 15 is 0 Å². The molecule has 1 aliphatic rings. The Morgan fingerprint density at radius 2 is 2.17 bits per heavy atom. The maximum Gasteiger partial charge on any atom is 0.261 e. The minimum Gasteiger partial charge on any atom is -0.463 e. The first-order valence-corrected chi connectivity index (χ1v) is 9.02. The van der Waals surface area contributed by atoms with Crippen molar-refractivity contribution in [3.63, 3.8) is 0 Å². The number of nitrogens with one attached hydrogen (secondary N) is 2. The van der Waals surface area contributed by atoms with Gasteiger partial charge < -0.3 is 14.7 Å². The molecule has 1 saturated heterocycles. The van der Waals surface area contributed by atoms with Crippen LogP contribution in [0.1, 0.15) is 16.8 Å². The number of aromatic amines is 1. The van der Waals surface area contributed by atoms with Crippen molar-refractivity contribution >= 4 is 15.7 Å². The number of hydrogen-bond acceptors (Lipinski definition) is 5. The van der Waals surface area contributed by atoms with Gasteiger partial charge in [0.05, 0.1) is 23.5 Å². The van der Waals surface area contributed by atoms with Crippen LogP contribution >= 0.6 is 0 Å². The van der Waals surface area contributed by atoms with Gasteiger partial charge in [0, 0.05) is 6.54 Å². The molecule has 1 amide bonds. The first-order valence-electron chi connectivity index (χ1n) is 7.20. The molecule has 0 bridgehead atoms. The van der Waals surface area contributed by atoms with Crippen LogP contribution in [-0.2, 0) is 9.84 Å². The average Bonchev–Trinajstić information content (AvgIpc) is 3.14. The summed E-state index contributed by atoms with van der Waals surface area (Å²) in [5, 5.41) is 2.63. The zero-order valence-corrected chi connectivity index (χ0v) is 13.1. The van der Waals surface area contributed by atoms with Gasteiger partial charge in [0.2, 0.25) is 0 Å². The van der Waals surface area contributed by atoms with Crippen molar-refractivity contribution in [1.82, 2.24) is 10.3 Å². The van der Waals surface area contributed by atoms with Crippen molar-refractivity contribution in [1.29, 1.82) is 0 Å². The molecule has 3 rings (SSSR count). The Balaban J connectivity index is 1.67. The highest BCUT2D eigenvalue weighted by atomic mass is 32.2. The van der Waals surface area contributed by atoms with Crippen molar-refractivity contribution in [2.45, 2.75) is 6.42 Å². The lowest BCUT2D eigenvalue weighted by atomic mass is 10.1. The predicted octanol–water partition coefficient (Wildman–Crippen LogP) is 0.799. The second kappa shape index (κ2) is 6.04. The fourth-order valence-electron chi connectivity index (χ4n) is 2.59. The molecule has 0 spiro atoms. The minimum absolute atomic E-state index is 0.0128. The lowest BCUT2D eigenvalue weighted by Crippen LogP contribution is -2.33. The maximum atomic E-state index is 12.1. The van der Waals surface area contributed by atoms with Crippen molar-refractivity contribution in [3.05, 3.63) is 46.4 Å². The molecule has 0 aliphatic carbocycles. The molecule has 1 fully saturated rings. The van der Waals surface area contributed by atoms with Crippen LogP contribution in [0.4, 0.5) is 0 Å². The van der Waals surface area contributed by atoms with Gasteiger partial charge in [-0.1, -0.05) is 0 Å². The number of H-pyrrole nitrogens is 1. The summed E-state index contributed by atoms with van der Waals surface area (Å²) in [5.74, 6) is 0.143. The third kappa shape index (κ3) is 3.53. The molecular weight excluding hydrogens is 320 g/mol. The topological polar surface area (TPSA) is 109 Å². The number of hydrogen-bond donors (Lipinski definition) is 2. The molecule has 7 nitrogen and oxygen atoms in total. The van der Waals surface area contributed by atoms with Crippen molar-refractivity contribution in [3.8, 4) is 11.5 Å². The van der Waals surface area contributed by atoms with Crippen LogP contribution in [0.5, 0.6) is 0 Å². The highest BCUT2D eigenvalue weighted by Crippen LogP contribution is 2.18. The van der Waals surface area contributed by atoms with E-state index in [1.165, 1.54) is 12.3 Å². The van der Waals surface area contributed by atoms with Crippen LogP contribution in [-0.4, -0.2) is 37.4 Å². The second-order valence-corrected chi connectivity index (χ2v) is 7.80. The van der Waals surface area contributed by atoms with Gasteiger partial charge >= 0.3 is 0 Å². The zero-order chi connectivity index (χ0) is 16.4. The Kier molecular flexibility index (Phi) is 4.08. The number of aromatic nitrogens is 1. The summed E-state index contributed by atoms with van der Waals surface area (Å²) in [6, 6.07) is 6.42. The number of furan rings is 1. The third-order valence-electron chi connectivity index (χ3n) is 3.82. The molecule has 0 radical (unpaired) electrons. The van der Waals surface area contributed by atoms with E-state index in [1.54, 1.807) is 18.2 Å². The van der Waals surface area contributed by atoms with Gasteiger partial charge in [0.1, 0.15) is 11.3 Å². The quantitative estimate of drug-likeness (QED) is 0.858. The van der Waals surface area contributed by atoms with E-state index in [-0.39, 0.29) is 29.5 Å². The van der Waals surface area contributed by atoms with Gasteiger partial charge in [-0.25, -0.2) is 8.42 Å². The number of amides is 1. The van der Waals surface area contributed by atoms with Crippen LogP contribution in [0.2, 0.25) is 0 Å². The van der Waals surface area contributed by atoms with E-state index in [9.17, 15) is 18.0 Å². The highest BCUT2D eigenvalue weighted by Gasteiger charge is 2.28. The molecule has 1 aliphatic heterocycles. The summed E-state index contributed by atoms with van der Waals surface area (Å²) in [5.41, 5.74) is -0.0463. The summed E-state index contributed by atoms with van der Waals surface area (Å²) in [4.78, 5) is 26.7. The molecule has 0 aromatic carbocycles. The third-order valence-corrected chi connectivity index (χ3v) is 5.66. The Morgan fingerprint density at radius 1 is 1.35 bits per heavy atom. The maximum absolute atomic E-state index is 12.1. The SMILES string of the molecule is O=C(NCC1CCS(=O)(=O)C1)c1ccc(-c2ccco2)[nH]c1=O. The lowest BCUT2D eigenvalue weighted by molar-refractivity contribution is 0.0947. The number of carbonyl (C=O) groups is 1. The molecular formula is C15H16N2O5S. The van der Waals surface area contributed by atoms with Gasteiger partial charge in [-0.15, -0.1) is 0 Å². The Hall–Kier alpha value is -2.35. The van der Waals surface area contributed by atoms with E-state index in [0.29, 0.717) is 17.9 Å². The molecule has 2 aromatic heterocycles. The Morgan fingerprint density at radius 3 is 2.78 bits per heavy atom. The second-order valence-electron chi connectivity index (χ2n) is 5.57. The molecule has 23 heavy (non-hydrogen) atoms. The van der Waals surface area contributed by atoms with Crippen LogP contribution in [0.3, 0.4) is 0 Å². The first-order chi connectivity index (χ1) is 10.9. The van der Waals surface area contributed by atoms with E-state index < -0.39 is 21.3 Å². The molecule has 1 atom stereocenters. The van der Waals surface area contributed by atoms with Gasteiger partial charge in [-0.3, -0.25) is 9.59 Å². The molecule has 2 aromatic rings. The smallest absolute Gasteiger partial charge is 0.261 e. The molecule has 8 heteroatoms. The fraction of sp³-hybridized carbons (Fsp3) is 0.333. The monoisotopic (exact) mass is 336 g/mol. The number of carbonyl (C=O) groups excluding carboxylic acids is 1. The van der Waals surface area contributed by atoms with Crippen LogP contribution < -0.4 is 10.9 Å². The van der Waals surface area contributed by atoms with Crippen LogP contribution in [0.15, 0.2) is 39.7 Å². The zero-order valence-electron chi connectivity index (χ0n) is 12.2. The van der Waals surface area contributed by atoms with Gasteiger partial charge in [-0.2, -0.15) is 0 Å². The van der Waals surface area contributed by atoms with Crippen molar-refractivity contribution in [2.75, 3.05) is 18.1 Å². The predicted molar refractivity (Wildman–Crippen MR) is 83.9 cm³/mol. The average molecular weight is 336 g/mol. The van der Waals surface area contributed by atoms with E-state index in [0.717, 1.165) is 0 Å². The lowest BCUT2D eigenvalue weighted by Gasteiger charge is -2.09. The van der Waals surface area contributed by atoms with E-state index in [1.807, 2.05) is 0 Å². The largest absolute Gasteiger partial charge is 0.463 e. The molecule has 2 N–H and O–H groups in total. The van der Waals surface area contributed by atoms with E-state index in [2.05, 4.69) is 10.3 Å². The Labute approximate surface area is 132 Å². The van der Waals surface area contributed by atoms with Gasteiger partial charge in [0.25, 0.3) is 11.5 Å². The van der Waals surface area contributed by atoms with Crippen molar-refractivity contribution in [2.24, 2.45) is 5.92 Å². The first kappa shape index (κ1) is 15.5. The fourth-order valence-corrected chi connectivity index (χ4v) is 4.46. The summed E-state index contributed by atoms with van der Waals surface area (Å²) >= 11 is 0. The highest BCUT2D eigenvalue weighted by molar-refractivity contribution is 7.91. The molecule has 3 heterocycles. The van der Waals surface area contributed by atoms with Crippen molar-refractivity contribution < 1.29 is 17.6 Å². The molecule has 0 saturated carbocycles. The molecule has 1 unspecified atom stereocenters. The summed E-state index contributed by atoms with van der Waals surface area (Å²) < 4.78 is 27.9. The standard InChI is InChI=1S/C15H16N2O5S/c18-14(16-8-10-5-7-23(20,21)9-10)11-3-4-12(17-15(11)19)13-2-1-6-22-13/h1-4,6,10H,5,7-9H2,(H,16,18)(H,17,19). The summed E-state index contributed by atoms with van der Waals surface area (Å²) in [6.45, 7) is 0.247. The van der Waals surface area contributed by atoms with Crippen LogP contribution in [0.25, 0.3) is 11.5 Å².